The van der Waals surface area contributed by atoms with Crippen LogP contribution in [0.2, 0.25) is 5.15 Å². The van der Waals surface area contributed by atoms with Gasteiger partial charge >= 0.3 is 0 Å². The Bertz CT molecular complexity index is 579. The quantitative estimate of drug-likeness (QED) is 0.850. The van der Waals surface area contributed by atoms with Crippen LogP contribution < -0.4 is 10.6 Å². The summed E-state index contributed by atoms with van der Waals surface area (Å²) < 4.78 is 5.15. The molecule has 1 unspecified atom stereocenters. The summed E-state index contributed by atoms with van der Waals surface area (Å²) in [6.07, 6.45) is 2.08. The molecular formula is C12H14ClN5O. The molecule has 1 atom stereocenters. The third-order valence-corrected chi connectivity index (χ3v) is 3.43. The molecule has 7 heteroatoms. The molecule has 2 N–H and O–H groups in total. The van der Waals surface area contributed by atoms with E-state index in [4.69, 9.17) is 21.9 Å². The van der Waals surface area contributed by atoms with Crippen LogP contribution in [0.1, 0.15) is 30.3 Å². The molecule has 3 rings (SSSR count). The fourth-order valence-electron chi connectivity index (χ4n) is 2.46. The van der Waals surface area contributed by atoms with Gasteiger partial charge in [-0.25, -0.2) is 4.98 Å². The van der Waals surface area contributed by atoms with E-state index < -0.39 is 0 Å². The second kappa shape index (κ2) is 4.70. The molecule has 1 fully saturated rings. The number of aryl methyl sites for hydroxylation is 1. The third kappa shape index (κ3) is 2.35. The second-order valence-corrected chi connectivity index (χ2v) is 5.01. The molecule has 100 valence electrons. The maximum absolute atomic E-state index is 5.93. The lowest BCUT2D eigenvalue weighted by molar-refractivity contribution is 0.385. The Labute approximate surface area is 115 Å². The average Bonchev–Trinajstić information content (AvgIpc) is 2.95. The van der Waals surface area contributed by atoms with Gasteiger partial charge in [0.05, 0.1) is 6.04 Å². The van der Waals surface area contributed by atoms with E-state index in [2.05, 4.69) is 20.0 Å². The van der Waals surface area contributed by atoms with E-state index in [1.807, 2.05) is 13.0 Å². The Morgan fingerprint density at radius 3 is 2.95 bits per heavy atom. The minimum absolute atomic E-state index is 0.155. The van der Waals surface area contributed by atoms with E-state index in [1.54, 1.807) is 6.07 Å². The molecule has 0 spiro atoms. The summed E-state index contributed by atoms with van der Waals surface area (Å²) in [4.78, 5) is 10.3. The third-order valence-electron chi connectivity index (χ3n) is 3.23. The van der Waals surface area contributed by atoms with Gasteiger partial charge in [0.15, 0.2) is 0 Å². The first-order chi connectivity index (χ1) is 9.13. The highest BCUT2D eigenvalue weighted by Crippen LogP contribution is 2.35. The van der Waals surface area contributed by atoms with Gasteiger partial charge in [0.25, 0.3) is 0 Å². The first-order valence-corrected chi connectivity index (χ1v) is 6.51. The van der Waals surface area contributed by atoms with Gasteiger partial charge in [-0.2, -0.15) is 4.98 Å². The zero-order valence-electron chi connectivity index (χ0n) is 10.5. The maximum atomic E-state index is 5.93. The smallest absolute Gasteiger partial charge is 0.223 e. The van der Waals surface area contributed by atoms with Gasteiger partial charge in [-0.15, -0.1) is 0 Å². The molecular weight excluding hydrogens is 266 g/mol. The highest BCUT2D eigenvalue weighted by Gasteiger charge is 2.29. The maximum Gasteiger partial charge on any atom is 0.223 e. The number of anilines is 2. The van der Waals surface area contributed by atoms with Crippen molar-refractivity contribution in [3.8, 4) is 0 Å². The predicted molar refractivity (Wildman–Crippen MR) is 72.0 cm³/mol. The van der Waals surface area contributed by atoms with Gasteiger partial charge in [-0.3, -0.25) is 0 Å². The summed E-state index contributed by atoms with van der Waals surface area (Å²) >= 11 is 5.93. The van der Waals surface area contributed by atoms with Crippen molar-refractivity contribution in [1.29, 1.82) is 0 Å². The molecule has 19 heavy (non-hydrogen) atoms. The van der Waals surface area contributed by atoms with Crippen molar-refractivity contribution in [3.05, 3.63) is 28.7 Å². The van der Waals surface area contributed by atoms with Crippen molar-refractivity contribution in [1.82, 2.24) is 15.1 Å². The number of hydrogen-bond donors (Lipinski definition) is 1. The lowest BCUT2D eigenvalue weighted by atomic mass is 10.1. The van der Waals surface area contributed by atoms with Crippen molar-refractivity contribution in [2.24, 2.45) is 0 Å². The molecule has 0 radical (unpaired) electrons. The first kappa shape index (κ1) is 12.2. The number of hydrogen-bond acceptors (Lipinski definition) is 6. The SMILES string of the molecule is Cc1cc(C2CCCN2c2cc(Cl)nc(N)n2)no1. The van der Waals surface area contributed by atoms with Crippen LogP contribution in [0, 0.1) is 6.92 Å². The van der Waals surface area contributed by atoms with E-state index in [1.165, 1.54) is 0 Å². The minimum atomic E-state index is 0.155. The fourth-order valence-corrected chi connectivity index (χ4v) is 2.65. The first-order valence-electron chi connectivity index (χ1n) is 6.13. The van der Waals surface area contributed by atoms with E-state index in [0.29, 0.717) is 5.15 Å². The van der Waals surface area contributed by atoms with E-state index in [-0.39, 0.29) is 12.0 Å². The molecule has 0 aromatic carbocycles. The van der Waals surface area contributed by atoms with Crippen LogP contribution in [-0.2, 0) is 0 Å². The molecule has 1 saturated heterocycles. The summed E-state index contributed by atoms with van der Waals surface area (Å²) in [5.74, 6) is 1.73. The number of halogens is 1. The van der Waals surface area contributed by atoms with Crippen LogP contribution in [0.3, 0.4) is 0 Å². The zero-order valence-corrected chi connectivity index (χ0v) is 11.3. The minimum Gasteiger partial charge on any atom is -0.368 e. The Morgan fingerprint density at radius 2 is 2.26 bits per heavy atom. The number of nitrogens with two attached hydrogens (primary N) is 1. The van der Waals surface area contributed by atoms with Gasteiger partial charge in [0.2, 0.25) is 5.95 Å². The zero-order chi connectivity index (χ0) is 13.4. The lowest BCUT2D eigenvalue weighted by Crippen LogP contribution is -2.24. The van der Waals surface area contributed by atoms with Gasteiger partial charge in [-0.1, -0.05) is 16.8 Å². The van der Waals surface area contributed by atoms with Crippen LogP contribution in [0.25, 0.3) is 0 Å². The van der Waals surface area contributed by atoms with E-state index >= 15 is 0 Å². The fraction of sp³-hybridized carbons (Fsp3) is 0.417. The number of rotatable bonds is 2. The topological polar surface area (TPSA) is 81.1 Å². The van der Waals surface area contributed by atoms with Crippen LogP contribution in [-0.4, -0.2) is 21.7 Å². The molecule has 3 heterocycles. The van der Waals surface area contributed by atoms with Crippen molar-refractivity contribution < 1.29 is 4.52 Å². The number of nitrogen functional groups attached to an aromatic ring is 1. The summed E-state index contributed by atoms with van der Waals surface area (Å²) in [5.41, 5.74) is 6.57. The van der Waals surface area contributed by atoms with Crippen LogP contribution in [0.15, 0.2) is 16.7 Å². The lowest BCUT2D eigenvalue weighted by Gasteiger charge is -2.24. The standard InChI is InChI=1S/C12H14ClN5O/c1-7-5-8(17-19-7)9-3-2-4-18(9)11-6-10(13)15-12(14)16-11/h5-6,9H,2-4H2,1H3,(H2,14,15,16). The Morgan fingerprint density at radius 1 is 1.42 bits per heavy atom. The Hall–Kier alpha value is -1.82. The molecule has 0 aliphatic carbocycles. The van der Waals surface area contributed by atoms with Crippen molar-refractivity contribution >= 4 is 23.4 Å². The highest BCUT2D eigenvalue weighted by atomic mass is 35.5. The predicted octanol–water partition coefficient (Wildman–Crippen LogP) is 2.35. The molecule has 0 amide bonds. The van der Waals surface area contributed by atoms with Crippen LogP contribution >= 0.6 is 11.6 Å². The summed E-state index contributed by atoms with van der Waals surface area (Å²) in [6, 6.07) is 3.83. The van der Waals surface area contributed by atoms with Gasteiger partial charge in [0, 0.05) is 18.7 Å². The molecule has 0 bridgehead atoms. The van der Waals surface area contributed by atoms with Crippen molar-refractivity contribution in [3.63, 3.8) is 0 Å². The molecule has 0 saturated carbocycles. The second-order valence-electron chi connectivity index (χ2n) is 4.62. The number of nitrogens with zero attached hydrogens (tertiary/aromatic N) is 4. The molecule has 2 aromatic rings. The largest absolute Gasteiger partial charge is 0.368 e. The molecule has 1 aliphatic heterocycles. The Balaban J connectivity index is 1.94. The summed E-state index contributed by atoms with van der Waals surface area (Å²) in [6.45, 7) is 2.78. The number of aromatic nitrogens is 3. The van der Waals surface area contributed by atoms with Gasteiger partial charge in [0.1, 0.15) is 22.4 Å². The highest BCUT2D eigenvalue weighted by molar-refractivity contribution is 6.29. The van der Waals surface area contributed by atoms with Crippen molar-refractivity contribution in [2.45, 2.75) is 25.8 Å². The van der Waals surface area contributed by atoms with Crippen LogP contribution in [0.5, 0.6) is 0 Å². The monoisotopic (exact) mass is 279 g/mol. The normalized spacial score (nSPS) is 19.1. The van der Waals surface area contributed by atoms with Crippen molar-refractivity contribution in [2.75, 3.05) is 17.2 Å². The van der Waals surface area contributed by atoms with Gasteiger partial charge in [-0.05, 0) is 19.8 Å². The van der Waals surface area contributed by atoms with Crippen LogP contribution in [0.4, 0.5) is 11.8 Å². The molecule has 6 nitrogen and oxygen atoms in total. The summed E-state index contributed by atoms with van der Waals surface area (Å²) in [5, 5.41) is 4.45. The molecule has 1 aliphatic rings. The average molecular weight is 280 g/mol. The molecule has 2 aromatic heterocycles. The van der Waals surface area contributed by atoms with E-state index in [9.17, 15) is 0 Å². The Kier molecular flexibility index (Phi) is 3.02. The summed E-state index contributed by atoms with van der Waals surface area (Å²) in [7, 11) is 0. The van der Waals surface area contributed by atoms with Gasteiger partial charge < -0.3 is 15.2 Å². The van der Waals surface area contributed by atoms with E-state index in [0.717, 1.165) is 36.7 Å².